The predicted molar refractivity (Wildman–Crippen MR) is 68.6 cm³/mol. The molecule has 2 radical (unpaired) electrons. The standard InChI is InChI=1S/C5H9BO2.C4H8.C2H6.CH4O/c6-5-2-1-4(3-7)8-5;1-4-2-3-4;2*1-2/h4-5,7H,1-3H2;4H,2-3H2,1H3;1-2H3;2H,1H3. The maximum Gasteiger partial charge on any atom is 0.109 e. The van der Waals surface area contributed by atoms with Gasteiger partial charge in [0.15, 0.2) is 0 Å². The molecule has 2 aliphatic rings. The fraction of sp³-hybridized carbons (Fsp3) is 1.00. The molecule has 0 aromatic rings. The Hall–Kier alpha value is -0.0551. The highest BCUT2D eigenvalue weighted by Gasteiger charge is 2.19. The third-order valence-corrected chi connectivity index (χ3v) is 2.21. The molecule has 1 aliphatic carbocycles. The first-order chi connectivity index (χ1) is 7.72. The van der Waals surface area contributed by atoms with Gasteiger partial charge in [0.05, 0.1) is 12.7 Å². The first-order valence-corrected chi connectivity index (χ1v) is 6.19. The molecule has 2 N–H and O–H groups in total. The molecule has 16 heavy (non-hydrogen) atoms. The van der Waals surface area contributed by atoms with Gasteiger partial charge in [0, 0.05) is 13.1 Å². The van der Waals surface area contributed by atoms with E-state index in [-0.39, 0.29) is 18.7 Å². The first-order valence-electron chi connectivity index (χ1n) is 6.19. The zero-order chi connectivity index (χ0) is 13.0. The van der Waals surface area contributed by atoms with Crippen LogP contribution < -0.4 is 0 Å². The van der Waals surface area contributed by atoms with Crippen molar-refractivity contribution in [1.82, 2.24) is 0 Å². The number of hydrogen-bond acceptors (Lipinski definition) is 3. The summed E-state index contributed by atoms with van der Waals surface area (Å²) in [5.41, 5.74) is 0. The van der Waals surface area contributed by atoms with Gasteiger partial charge in [-0.2, -0.15) is 0 Å². The van der Waals surface area contributed by atoms with Gasteiger partial charge in [0.1, 0.15) is 7.85 Å². The van der Waals surface area contributed by atoms with E-state index in [0.717, 1.165) is 25.9 Å². The van der Waals surface area contributed by atoms with Crippen LogP contribution >= 0.6 is 0 Å². The number of hydrogen-bond donors (Lipinski definition) is 2. The Labute approximate surface area is 102 Å². The molecule has 3 nitrogen and oxygen atoms in total. The highest BCUT2D eigenvalue weighted by Crippen LogP contribution is 2.26. The predicted octanol–water partition coefficient (Wildman–Crippen LogP) is 1.70. The van der Waals surface area contributed by atoms with E-state index in [1.54, 1.807) is 0 Å². The Morgan fingerprint density at radius 3 is 1.69 bits per heavy atom. The van der Waals surface area contributed by atoms with Crippen LogP contribution in [0.2, 0.25) is 0 Å². The average Bonchev–Trinajstić information content (AvgIpc) is 3.01. The minimum absolute atomic E-state index is 0.00463. The van der Waals surface area contributed by atoms with E-state index in [2.05, 4.69) is 6.92 Å². The molecule has 0 aromatic heterocycles. The summed E-state index contributed by atoms with van der Waals surface area (Å²) in [5.74, 6) is 1.08. The van der Waals surface area contributed by atoms with Gasteiger partial charge in [-0.25, -0.2) is 0 Å². The fourth-order valence-corrected chi connectivity index (χ4v) is 1.03. The third-order valence-electron chi connectivity index (χ3n) is 2.21. The topological polar surface area (TPSA) is 49.7 Å². The monoisotopic (exact) mass is 230 g/mol. The summed E-state index contributed by atoms with van der Waals surface area (Å²) in [4.78, 5) is 0. The summed E-state index contributed by atoms with van der Waals surface area (Å²) in [6.45, 7) is 6.38. The quantitative estimate of drug-likeness (QED) is 0.674. The third kappa shape index (κ3) is 12.0. The van der Waals surface area contributed by atoms with Crippen LogP contribution in [0.25, 0.3) is 0 Å². The van der Waals surface area contributed by atoms with E-state index in [1.807, 2.05) is 13.8 Å². The van der Waals surface area contributed by atoms with Crippen LogP contribution in [0.15, 0.2) is 0 Å². The van der Waals surface area contributed by atoms with Gasteiger partial charge >= 0.3 is 0 Å². The van der Waals surface area contributed by atoms with Crippen molar-refractivity contribution in [1.29, 1.82) is 0 Å². The zero-order valence-corrected chi connectivity index (χ0v) is 11.1. The lowest BCUT2D eigenvalue weighted by Crippen LogP contribution is -2.13. The van der Waals surface area contributed by atoms with E-state index in [9.17, 15) is 0 Å². The first kappa shape index (κ1) is 18.3. The highest BCUT2D eigenvalue weighted by molar-refractivity contribution is 6.11. The molecule has 2 fully saturated rings. The van der Waals surface area contributed by atoms with Crippen molar-refractivity contribution in [3.8, 4) is 0 Å². The van der Waals surface area contributed by atoms with Crippen molar-refractivity contribution >= 4 is 7.85 Å². The van der Waals surface area contributed by atoms with Crippen LogP contribution in [0.5, 0.6) is 0 Å². The van der Waals surface area contributed by atoms with Crippen LogP contribution in [0.1, 0.15) is 46.5 Å². The molecule has 2 rings (SSSR count). The smallest absolute Gasteiger partial charge is 0.109 e. The minimum Gasteiger partial charge on any atom is -0.400 e. The zero-order valence-electron chi connectivity index (χ0n) is 11.1. The van der Waals surface area contributed by atoms with Crippen LogP contribution in [0, 0.1) is 5.92 Å². The van der Waals surface area contributed by atoms with Crippen LogP contribution in [-0.4, -0.2) is 43.9 Å². The molecular weight excluding hydrogens is 203 g/mol. The van der Waals surface area contributed by atoms with Crippen LogP contribution in [0.3, 0.4) is 0 Å². The molecule has 2 atom stereocenters. The molecule has 0 spiro atoms. The fourth-order valence-electron chi connectivity index (χ4n) is 1.03. The van der Waals surface area contributed by atoms with Gasteiger partial charge in [-0.1, -0.05) is 33.6 Å². The maximum absolute atomic E-state index is 8.50. The van der Waals surface area contributed by atoms with Gasteiger partial charge in [0.25, 0.3) is 0 Å². The lowest BCUT2D eigenvalue weighted by atomic mass is 9.97. The molecule has 0 bridgehead atoms. The van der Waals surface area contributed by atoms with Gasteiger partial charge in [-0.15, -0.1) is 0 Å². The largest absolute Gasteiger partial charge is 0.400 e. The number of aliphatic hydroxyl groups excluding tert-OH is 2. The second-order valence-electron chi connectivity index (χ2n) is 3.74. The molecule has 96 valence electrons. The Kier molecular flexibility index (Phi) is 14.9. The molecule has 1 saturated carbocycles. The van der Waals surface area contributed by atoms with E-state index < -0.39 is 0 Å². The van der Waals surface area contributed by atoms with Crippen molar-refractivity contribution in [2.45, 2.75) is 58.6 Å². The van der Waals surface area contributed by atoms with Gasteiger partial charge < -0.3 is 14.9 Å². The summed E-state index contributed by atoms with van der Waals surface area (Å²) in [6.07, 6.45) is 4.76. The maximum atomic E-state index is 8.50. The van der Waals surface area contributed by atoms with E-state index >= 15 is 0 Å². The van der Waals surface area contributed by atoms with Crippen molar-refractivity contribution in [2.75, 3.05) is 13.7 Å². The second-order valence-corrected chi connectivity index (χ2v) is 3.74. The van der Waals surface area contributed by atoms with E-state index in [1.165, 1.54) is 12.8 Å². The summed E-state index contributed by atoms with van der Waals surface area (Å²) < 4.78 is 5.04. The van der Waals surface area contributed by atoms with Gasteiger partial charge in [0.2, 0.25) is 0 Å². The lowest BCUT2D eigenvalue weighted by molar-refractivity contribution is 0.0432. The lowest BCUT2D eigenvalue weighted by Gasteiger charge is -2.05. The van der Waals surface area contributed by atoms with Crippen molar-refractivity contribution in [2.24, 2.45) is 5.92 Å². The Bertz CT molecular complexity index is 129. The van der Waals surface area contributed by atoms with Crippen LogP contribution in [-0.2, 0) is 4.74 Å². The SMILES string of the molecule is CC.CC1CC1.CO.[B]C1CCC(CO)O1. The molecule has 4 heteroatoms. The molecule has 0 amide bonds. The second kappa shape index (κ2) is 13.0. The number of aliphatic hydroxyl groups is 2. The molecule has 1 heterocycles. The molecular formula is C12H27BO3. The van der Waals surface area contributed by atoms with Crippen molar-refractivity contribution in [3.05, 3.63) is 0 Å². The summed E-state index contributed by atoms with van der Waals surface area (Å²) in [5, 5.41) is 15.5. The van der Waals surface area contributed by atoms with Gasteiger partial charge in [-0.3, -0.25) is 0 Å². The highest BCUT2D eigenvalue weighted by atomic mass is 16.5. The van der Waals surface area contributed by atoms with E-state index in [4.69, 9.17) is 22.8 Å². The Morgan fingerprint density at radius 1 is 1.12 bits per heavy atom. The van der Waals surface area contributed by atoms with Crippen molar-refractivity contribution in [3.63, 3.8) is 0 Å². The number of ether oxygens (including phenoxy) is 1. The summed E-state index contributed by atoms with van der Waals surface area (Å²) in [6, 6.07) is -0.132. The molecule has 2 unspecified atom stereocenters. The normalized spacial score (nSPS) is 26.4. The molecule has 1 aliphatic heterocycles. The van der Waals surface area contributed by atoms with Crippen molar-refractivity contribution < 1.29 is 14.9 Å². The average molecular weight is 230 g/mol. The summed E-state index contributed by atoms with van der Waals surface area (Å²) in [7, 11) is 6.37. The molecule has 1 saturated heterocycles. The van der Waals surface area contributed by atoms with E-state index in [0.29, 0.717) is 0 Å². The molecule has 0 aromatic carbocycles. The summed E-state index contributed by atoms with van der Waals surface area (Å²) >= 11 is 0. The Morgan fingerprint density at radius 2 is 1.56 bits per heavy atom. The van der Waals surface area contributed by atoms with Crippen LogP contribution in [0.4, 0.5) is 0 Å². The minimum atomic E-state index is -0.132. The van der Waals surface area contributed by atoms with Gasteiger partial charge in [-0.05, 0) is 18.8 Å². The number of rotatable bonds is 1. The Balaban J connectivity index is 0.